The molecule has 0 amide bonds. The van der Waals surface area contributed by atoms with Crippen LogP contribution in [0.2, 0.25) is 0 Å². The van der Waals surface area contributed by atoms with Crippen LogP contribution in [0, 0.1) is 11.6 Å². The van der Waals surface area contributed by atoms with E-state index >= 15 is 0 Å². The van der Waals surface area contributed by atoms with Gasteiger partial charge in [0.2, 0.25) is 0 Å². The number of methoxy groups -OCH3 is 1. The molecule has 0 aliphatic heterocycles. The number of carbonyl (C=O) groups is 1. The molecule has 2 aromatic carbocycles. The van der Waals surface area contributed by atoms with Crippen LogP contribution in [0.5, 0.6) is 0 Å². The number of anilines is 1. The maximum Gasteiger partial charge on any atom is 0.330 e. The highest BCUT2D eigenvalue weighted by Crippen LogP contribution is 2.25. The van der Waals surface area contributed by atoms with Crippen molar-refractivity contribution in [1.82, 2.24) is 0 Å². The van der Waals surface area contributed by atoms with Crippen LogP contribution in [0.4, 0.5) is 14.5 Å². The maximum absolute atomic E-state index is 14.0. The molecule has 140 valence electrons. The van der Waals surface area contributed by atoms with E-state index in [1.54, 1.807) is 25.1 Å². The smallest absolute Gasteiger partial charge is 0.330 e. The molecule has 0 saturated carbocycles. The topological polar surface area (TPSA) is 38.3 Å². The van der Waals surface area contributed by atoms with E-state index in [-0.39, 0.29) is 11.9 Å². The monoisotopic (exact) mass is 425 g/mol. The number of esters is 1. The molecule has 1 N–H and O–H groups in total. The van der Waals surface area contributed by atoms with Crippen molar-refractivity contribution in [2.75, 3.05) is 12.4 Å². The molecule has 2 aromatic rings. The molecule has 0 radical (unpaired) electrons. The third-order valence-electron chi connectivity index (χ3n) is 3.35. The van der Waals surface area contributed by atoms with E-state index in [0.717, 1.165) is 0 Å². The molecule has 0 aromatic heterocycles. The van der Waals surface area contributed by atoms with Crippen molar-refractivity contribution in [3.05, 3.63) is 69.7 Å². The minimum absolute atomic E-state index is 0.355. The molecule has 0 spiro atoms. The molecule has 1 unspecified atom stereocenters. The van der Waals surface area contributed by atoms with Crippen LogP contribution in [-0.2, 0) is 9.53 Å². The van der Waals surface area contributed by atoms with Gasteiger partial charge in [-0.2, -0.15) is 0 Å². The first-order valence-electron chi connectivity index (χ1n) is 8.17. The van der Waals surface area contributed by atoms with Gasteiger partial charge in [0.15, 0.2) is 0 Å². The van der Waals surface area contributed by atoms with Crippen molar-refractivity contribution in [3.63, 3.8) is 0 Å². The average Bonchev–Trinajstić information content (AvgIpc) is 2.60. The number of hydrogen-bond acceptors (Lipinski definition) is 3. The third-order valence-corrected chi connectivity index (χ3v) is 3.84. The maximum atomic E-state index is 14.0. The summed E-state index contributed by atoms with van der Waals surface area (Å²) in [6.45, 7) is 5.78. The normalized spacial score (nSPS) is 11.5. The molecule has 0 aliphatic rings. The second-order valence-corrected chi connectivity index (χ2v) is 6.08. The Balaban J connectivity index is 0.00000163. The molecule has 6 heteroatoms. The van der Waals surface area contributed by atoms with Gasteiger partial charge >= 0.3 is 5.97 Å². The van der Waals surface area contributed by atoms with E-state index in [4.69, 9.17) is 0 Å². The lowest BCUT2D eigenvalue weighted by molar-refractivity contribution is -0.134. The summed E-state index contributed by atoms with van der Waals surface area (Å²) >= 11 is 3.21. The Morgan fingerprint density at radius 3 is 2.50 bits per heavy atom. The molecule has 0 saturated heterocycles. The van der Waals surface area contributed by atoms with Crippen molar-refractivity contribution in [2.24, 2.45) is 0 Å². The number of benzene rings is 2. The molecule has 1 atom stereocenters. The van der Waals surface area contributed by atoms with Crippen molar-refractivity contribution in [1.29, 1.82) is 0 Å². The first kappa shape index (κ1) is 21.8. The predicted octanol–water partition coefficient (Wildman–Crippen LogP) is 6.11. The van der Waals surface area contributed by atoms with E-state index < -0.39 is 11.8 Å². The lowest BCUT2D eigenvalue weighted by Crippen LogP contribution is -2.09. The van der Waals surface area contributed by atoms with Crippen LogP contribution in [0.15, 0.2) is 46.9 Å². The second-order valence-electron chi connectivity index (χ2n) is 5.16. The van der Waals surface area contributed by atoms with E-state index in [1.807, 2.05) is 13.8 Å². The quantitative estimate of drug-likeness (QED) is 0.463. The summed E-state index contributed by atoms with van der Waals surface area (Å²) in [6.07, 6.45) is 2.65. The van der Waals surface area contributed by atoms with Gasteiger partial charge in [-0.15, -0.1) is 0 Å². The minimum atomic E-state index is -0.529. The molecule has 3 nitrogen and oxygen atoms in total. The molecule has 0 aliphatic carbocycles. The Morgan fingerprint density at radius 1 is 1.19 bits per heavy atom. The summed E-state index contributed by atoms with van der Waals surface area (Å²) in [5, 5.41) is 3.06. The molecule has 0 bridgehead atoms. The highest BCUT2D eigenvalue weighted by molar-refractivity contribution is 9.10. The van der Waals surface area contributed by atoms with Gasteiger partial charge in [0.1, 0.15) is 11.6 Å². The minimum Gasteiger partial charge on any atom is -0.466 e. The van der Waals surface area contributed by atoms with Crippen LogP contribution in [0.1, 0.15) is 37.9 Å². The zero-order valence-corrected chi connectivity index (χ0v) is 16.7. The number of halogens is 3. The molecular formula is C20H22BrF2NO2. The van der Waals surface area contributed by atoms with Crippen molar-refractivity contribution in [2.45, 2.75) is 26.8 Å². The zero-order valence-electron chi connectivity index (χ0n) is 15.1. The van der Waals surface area contributed by atoms with Gasteiger partial charge in [0.05, 0.1) is 13.2 Å². The first-order valence-corrected chi connectivity index (χ1v) is 8.96. The summed E-state index contributed by atoms with van der Waals surface area (Å²) < 4.78 is 32.9. The summed E-state index contributed by atoms with van der Waals surface area (Å²) in [7, 11) is 1.26. The summed E-state index contributed by atoms with van der Waals surface area (Å²) in [5.74, 6) is -1.35. The fourth-order valence-corrected chi connectivity index (χ4v) is 2.54. The lowest BCUT2D eigenvalue weighted by Gasteiger charge is -2.17. The zero-order chi connectivity index (χ0) is 19.7. The second kappa shape index (κ2) is 10.7. The lowest BCUT2D eigenvalue weighted by atomic mass is 10.1. The van der Waals surface area contributed by atoms with Gasteiger partial charge in [-0.25, -0.2) is 13.6 Å². The number of rotatable bonds is 5. The Bertz CT molecular complexity index is 778. The van der Waals surface area contributed by atoms with Gasteiger partial charge in [0.25, 0.3) is 0 Å². The van der Waals surface area contributed by atoms with Crippen LogP contribution in [0.25, 0.3) is 6.08 Å². The third kappa shape index (κ3) is 6.59. The SMILES string of the molecule is CC.COC(=O)/C=C/c1cc(F)cc(NC(C)c2ccc(Br)cc2F)c1. The molecule has 0 heterocycles. The Labute approximate surface area is 161 Å². The Morgan fingerprint density at radius 2 is 1.88 bits per heavy atom. The fraction of sp³-hybridized carbons (Fsp3) is 0.250. The summed E-state index contributed by atoms with van der Waals surface area (Å²) in [4.78, 5) is 11.1. The molecule has 26 heavy (non-hydrogen) atoms. The van der Waals surface area contributed by atoms with Gasteiger partial charge in [-0.1, -0.05) is 35.8 Å². The largest absolute Gasteiger partial charge is 0.466 e. The van der Waals surface area contributed by atoms with E-state index in [0.29, 0.717) is 21.3 Å². The van der Waals surface area contributed by atoms with Gasteiger partial charge < -0.3 is 10.1 Å². The molecule has 0 fully saturated rings. The van der Waals surface area contributed by atoms with Crippen molar-refractivity contribution >= 4 is 33.7 Å². The van der Waals surface area contributed by atoms with Gasteiger partial charge in [-0.05, 0) is 48.9 Å². The Kier molecular flexibility index (Phi) is 8.99. The van der Waals surface area contributed by atoms with E-state index in [2.05, 4.69) is 26.0 Å². The Hall–Kier alpha value is -2.21. The molecule has 2 rings (SSSR count). The number of carbonyl (C=O) groups excluding carboxylic acids is 1. The van der Waals surface area contributed by atoms with E-state index in [9.17, 15) is 13.6 Å². The predicted molar refractivity (Wildman–Crippen MR) is 105 cm³/mol. The van der Waals surface area contributed by atoms with Crippen molar-refractivity contribution in [3.8, 4) is 0 Å². The summed E-state index contributed by atoms with van der Waals surface area (Å²) in [5.41, 5.74) is 1.44. The van der Waals surface area contributed by atoms with Crippen molar-refractivity contribution < 1.29 is 18.3 Å². The highest BCUT2D eigenvalue weighted by Gasteiger charge is 2.12. The number of nitrogens with one attached hydrogen (secondary N) is 1. The van der Waals surface area contributed by atoms with Crippen LogP contribution < -0.4 is 5.32 Å². The highest BCUT2D eigenvalue weighted by atomic mass is 79.9. The van der Waals surface area contributed by atoms with Gasteiger partial charge in [-0.3, -0.25) is 0 Å². The first-order chi connectivity index (χ1) is 12.4. The molecular weight excluding hydrogens is 404 g/mol. The standard InChI is InChI=1S/C18H16BrF2NO2.C2H6/c1-11(16-5-4-13(19)9-17(16)21)22-15-8-12(7-14(20)10-15)3-6-18(23)24-2;1-2/h3-11,22H,1-2H3;1-2H3/b6-3+;. The average molecular weight is 426 g/mol. The number of hydrogen-bond donors (Lipinski definition) is 1. The van der Waals surface area contributed by atoms with Crippen LogP contribution in [0.3, 0.4) is 0 Å². The van der Waals surface area contributed by atoms with Crippen LogP contribution in [-0.4, -0.2) is 13.1 Å². The van der Waals surface area contributed by atoms with Crippen LogP contribution >= 0.6 is 15.9 Å². The number of ether oxygens (including phenoxy) is 1. The van der Waals surface area contributed by atoms with E-state index in [1.165, 1.54) is 37.5 Å². The van der Waals surface area contributed by atoms with Gasteiger partial charge in [0, 0.05) is 21.8 Å². The summed E-state index contributed by atoms with van der Waals surface area (Å²) in [6, 6.07) is 8.68. The fourth-order valence-electron chi connectivity index (χ4n) is 2.20.